The number of piperazine rings is 1. The van der Waals surface area contributed by atoms with E-state index in [2.05, 4.69) is 58.2 Å². The first-order chi connectivity index (χ1) is 16.8. The van der Waals surface area contributed by atoms with Crippen LogP contribution >= 0.6 is 0 Å². The van der Waals surface area contributed by atoms with Gasteiger partial charge in [-0.15, -0.1) is 0 Å². The molecule has 1 saturated heterocycles. The molecule has 0 saturated carbocycles. The second-order valence-electron chi connectivity index (χ2n) is 9.11. The average molecular weight is 491 g/mol. The van der Waals surface area contributed by atoms with E-state index in [0.29, 0.717) is 6.04 Å². The van der Waals surface area contributed by atoms with Crippen LogP contribution in [0, 0.1) is 0 Å². The number of anilines is 3. The molecule has 9 heteroatoms. The Kier molecular flexibility index (Phi) is 6.22. The Morgan fingerprint density at radius 2 is 1.60 bits per heavy atom. The predicted molar refractivity (Wildman–Crippen MR) is 141 cm³/mol. The molecule has 0 amide bonds. The number of aromatic nitrogens is 2. The summed E-state index contributed by atoms with van der Waals surface area (Å²) in [5, 5.41) is 8.71. The van der Waals surface area contributed by atoms with Crippen molar-refractivity contribution in [3.05, 3.63) is 73.1 Å². The number of rotatable bonds is 6. The van der Waals surface area contributed by atoms with Crippen LogP contribution in [0.2, 0.25) is 0 Å². The number of sulfonamides is 1. The Hall–Kier alpha value is -3.40. The van der Waals surface area contributed by atoms with Crippen molar-refractivity contribution in [2.45, 2.75) is 24.8 Å². The zero-order valence-electron chi connectivity index (χ0n) is 19.9. The summed E-state index contributed by atoms with van der Waals surface area (Å²) in [4.78, 5) is 9.58. The third kappa shape index (κ3) is 4.88. The number of primary sulfonamides is 1. The summed E-state index contributed by atoms with van der Waals surface area (Å²) >= 11 is 0. The lowest BCUT2D eigenvalue weighted by Gasteiger charge is -2.38. The van der Waals surface area contributed by atoms with Gasteiger partial charge in [0.1, 0.15) is 0 Å². The van der Waals surface area contributed by atoms with Gasteiger partial charge in [0.05, 0.1) is 16.3 Å². The fourth-order valence-electron chi connectivity index (χ4n) is 4.57. The first-order valence-electron chi connectivity index (χ1n) is 11.7. The Morgan fingerprint density at radius 3 is 2.23 bits per heavy atom. The highest BCUT2D eigenvalue weighted by atomic mass is 32.2. The zero-order valence-corrected chi connectivity index (χ0v) is 20.7. The number of imidazole rings is 1. The van der Waals surface area contributed by atoms with Gasteiger partial charge in [-0.3, -0.25) is 9.30 Å². The van der Waals surface area contributed by atoms with E-state index in [0.717, 1.165) is 54.5 Å². The molecule has 0 radical (unpaired) electrons. The Labute approximate surface area is 206 Å². The molecule has 182 valence electrons. The number of hydrogen-bond donors (Lipinski definition) is 2. The van der Waals surface area contributed by atoms with E-state index in [-0.39, 0.29) is 4.90 Å². The van der Waals surface area contributed by atoms with E-state index in [1.807, 2.05) is 22.7 Å². The molecule has 1 fully saturated rings. The predicted octanol–water partition coefficient (Wildman–Crippen LogP) is 3.92. The van der Waals surface area contributed by atoms with Crippen molar-refractivity contribution in [2.75, 3.05) is 36.4 Å². The molecule has 1 aliphatic heterocycles. The highest BCUT2D eigenvalue weighted by molar-refractivity contribution is 7.89. The number of nitrogens with zero attached hydrogens (tertiary/aromatic N) is 4. The molecule has 0 aliphatic carbocycles. The van der Waals surface area contributed by atoms with Crippen molar-refractivity contribution in [3.63, 3.8) is 0 Å². The fourth-order valence-corrected chi connectivity index (χ4v) is 5.09. The average Bonchev–Trinajstić information content (AvgIpc) is 3.35. The normalized spacial score (nSPS) is 15.1. The molecular formula is C26H30N6O2S. The molecule has 0 atom stereocenters. The topological polar surface area (TPSA) is 96.0 Å². The van der Waals surface area contributed by atoms with Gasteiger partial charge in [-0.1, -0.05) is 12.1 Å². The van der Waals surface area contributed by atoms with E-state index in [4.69, 9.17) is 5.14 Å². The minimum absolute atomic E-state index is 0.0895. The molecule has 8 nitrogen and oxygen atoms in total. The monoisotopic (exact) mass is 490 g/mol. The largest absolute Gasteiger partial charge is 0.369 e. The SMILES string of the molecule is CC(C)N1CCN(c2ccc(Nc3ccc(-c4ccc(S(N)(=O)=O)cc4)n4ccnc34)cc2)CC1. The lowest BCUT2D eigenvalue weighted by atomic mass is 10.1. The van der Waals surface area contributed by atoms with Crippen molar-refractivity contribution < 1.29 is 8.42 Å². The molecule has 0 unspecified atom stereocenters. The molecule has 0 bridgehead atoms. The summed E-state index contributed by atoms with van der Waals surface area (Å²) < 4.78 is 25.1. The second-order valence-corrected chi connectivity index (χ2v) is 10.7. The van der Waals surface area contributed by atoms with Crippen molar-refractivity contribution in [1.29, 1.82) is 0 Å². The van der Waals surface area contributed by atoms with Crippen LogP contribution in [0.1, 0.15) is 13.8 Å². The molecule has 35 heavy (non-hydrogen) atoms. The maximum Gasteiger partial charge on any atom is 0.238 e. The molecule has 3 heterocycles. The van der Waals surface area contributed by atoms with Gasteiger partial charge in [-0.05, 0) is 67.9 Å². The first-order valence-corrected chi connectivity index (χ1v) is 13.3. The minimum Gasteiger partial charge on any atom is -0.369 e. The molecule has 4 aromatic rings. The van der Waals surface area contributed by atoms with E-state index < -0.39 is 10.0 Å². The molecule has 5 rings (SSSR count). The van der Waals surface area contributed by atoms with Gasteiger partial charge >= 0.3 is 0 Å². The van der Waals surface area contributed by atoms with Crippen LogP contribution < -0.4 is 15.4 Å². The summed E-state index contributed by atoms with van der Waals surface area (Å²) in [6.45, 7) is 8.77. The molecule has 3 N–H and O–H groups in total. The van der Waals surface area contributed by atoms with Crippen molar-refractivity contribution >= 4 is 32.7 Å². The molecule has 2 aromatic carbocycles. The van der Waals surface area contributed by atoms with Gasteiger partial charge in [-0.25, -0.2) is 18.5 Å². The highest BCUT2D eigenvalue weighted by Crippen LogP contribution is 2.29. The fraction of sp³-hybridized carbons (Fsp3) is 0.269. The quantitative estimate of drug-likeness (QED) is 0.425. The van der Waals surface area contributed by atoms with E-state index in [1.165, 1.54) is 17.8 Å². The summed E-state index contributed by atoms with van der Waals surface area (Å²) in [6, 6.07) is 19.6. The van der Waals surface area contributed by atoms with Crippen LogP contribution in [0.4, 0.5) is 17.1 Å². The maximum absolute atomic E-state index is 11.6. The Morgan fingerprint density at radius 1 is 0.914 bits per heavy atom. The third-order valence-corrected chi connectivity index (χ3v) is 7.51. The van der Waals surface area contributed by atoms with Crippen LogP contribution in [0.5, 0.6) is 0 Å². The Balaban J connectivity index is 1.34. The number of benzene rings is 2. The van der Waals surface area contributed by atoms with Gasteiger partial charge < -0.3 is 10.2 Å². The van der Waals surface area contributed by atoms with Crippen molar-refractivity contribution in [1.82, 2.24) is 14.3 Å². The minimum atomic E-state index is -3.73. The number of nitrogens with two attached hydrogens (primary N) is 1. The van der Waals surface area contributed by atoms with Crippen molar-refractivity contribution in [2.24, 2.45) is 5.14 Å². The molecule has 2 aromatic heterocycles. The highest BCUT2D eigenvalue weighted by Gasteiger charge is 2.19. The van der Waals surface area contributed by atoms with Crippen LogP contribution in [0.3, 0.4) is 0 Å². The van der Waals surface area contributed by atoms with Gasteiger partial charge in [0, 0.05) is 56.0 Å². The number of hydrogen-bond acceptors (Lipinski definition) is 6. The molecule has 0 spiro atoms. The summed E-state index contributed by atoms with van der Waals surface area (Å²) in [7, 11) is -3.73. The summed E-state index contributed by atoms with van der Waals surface area (Å²) in [6.07, 6.45) is 3.64. The van der Waals surface area contributed by atoms with Gasteiger partial charge in [0.2, 0.25) is 10.0 Å². The van der Waals surface area contributed by atoms with Crippen LogP contribution in [0.25, 0.3) is 16.9 Å². The zero-order chi connectivity index (χ0) is 24.6. The summed E-state index contributed by atoms with van der Waals surface area (Å²) in [5.74, 6) is 0. The standard InChI is InChI=1S/C26H30N6O2S/c1-19(2)30-15-17-31(18-16-30)22-7-5-21(6-8-22)29-24-11-12-25(32-14-13-28-26(24)32)20-3-9-23(10-4-20)35(27,33)34/h3-14,19,29H,15-18H2,1-2H3,(H2,27,33,34). The lowest BCUT2D eigenvalue weighted by Crippen LogP contribution is -2.48. The third-order valence-electron chi connectivity index (χ3n) is 6.58. The number of fused-ring (bicyclic) bond motifs is 1. The van der Waals surface area contributed by atoms with Crippen molar-refractivity contribution in [3.8, 4) is 11.3 Å². The lowest BCUT2D eigenvalue weighted by molar-refractivity contribution is 0.209. The van der Waals surface area contributed by atoms with Crippen LogP contribution in [-0.2, 0) is 10.0 Å². The van der Waals surface area contributed by atoms with Gasteiger partial charge in [0.25, 0.3) is 0 Å². The van der Waals surface area contributed by atoms with Crippen LogP contribution in [0.15, 0.2) is 78.0 Å². The van der Waals surface area contributed by atoms with E-state index >= 15 is 0 Å². The molecular weight excluding hydrogens is 460 g/mol. The van der Waals surface area contributed by atoms with E-state index in [1.54, 1.807) is 18.3 Å². The number of nitrogens with one attached hydrogen (secondary N) is 1. The van der Waals surface area contributed by atoms with Gasteiger partial charge in [-0.2, -0.15) is 0 Å². The van der Waals surface area contributed by atoms with Crippen LogP contribution in [-0.4, -0.2) is 54.9 Å². The maximum atomic E-state index is 11.6. The van der Waals surface area contributed by atoms with Gasteiger partial charge in [0.15, 0.2) is 5.65 Å². The number of pyridine rings is 1. The van der Waals surface area contributed by atoms with E-state index in [9.17, 15) is 8.42 Å². The first kappa shape index (κ1) is 23.3. The molecule has 1 aliphatic rings. The second kappa shape index (κ2) is 9.33. The summed E-state index contributed by atoms with van der Waals surface area (Å²) in [5.41, 5.74) is 5.67. The Bertz CT molecular complexity index is 1420. The smallest absolute Gasteiger partial charge is 0.238 e.